The fraction of sp³-hybridized carbons (Fsp3) is 0.471. The van der Waals surface area contributed by atoms with Gasteiger partial charge in [-0.3, -0.25) is 4.79 Å². The van der Waals surface area contributed by atoms with Crippen LogP contribution in [-0.4, -0.2) is 41.9 Å². The zero-order valence-electron chi connectivity index (χ0n) is 15.4. The third kappa shape index (κ3) is 4.93. The molecule has 0 saturated carbocycles. The Morgan fingerprint density at radius 3 is 2.59 bits per heavy atom. The summed E-state index contributed by atoms with van der Waals surface area (Å²) >= 11 is 0. The van der Waals surface area contributed by atoms with Crippen molar-refractivity contribution >= 4 is 15.9 Å². The molecule has 0 unspecified atom stereocenters. The highest BCUT2D eigenvalue weighted by Gasteiger charge is 2.35. The second kappa shape index (κ2) is 8.11. The van der Waals surface area contributed by atoms with Crippen molar-refractivity contribution in [3.8, 4) is 0 Å². The van der Waals surface area contributed by atoms with E-state index in [1.807, 2.05) is 0 Å². The molecule has 0 spiro atoms. The van der Waals surface area contributed by atoms with Gasteiger partial charge < -0.3 is 9.84 Å². The number of nitrogens with zero attached hydrogens (tertiary/aromatic N) is 3. The van der Waals surface area contributed by atoms with E-state index in [1.165, 1.54) is 0 Å². The van der Waals surface area contributed by atoms with E-state index in [2.05, 4.69) is 15.5 Å². The summed E-state index contributed by atoms with van der Waals surface area (Å²) in [6.45, 7) is 1.80. The molecule has 2 aromatic rings. The number of hydrogen-bond acceptors (Lipinski definition) is 6. The van der Waals surface area contributed by atoms with Gasteiger partial charge in [0, 0.05) is 19.0 Å². The molecule has 2 heterocycles. The third-order valence-electron chi connectivity index (χ3n) is 4.61. The molecule has 8 nitrogen and oxygen atoms in total. The summed E-state index contributed by atoms with van der Waals surface area (Å²) in [5, 5.41) is 6.28. The van der Waals surface area contributed by atoms with Crippen LogP contribution < -0.4 is 5.32 Å². The van der Waals surface area contributed by atoms with Crippen LogP contribution in [0.1, 0.15) is 30.1 Å². The van der Waals surface area contributed by atoms with E-state index in [0.29, 0.717) is 11.9 Å². The van der Waals surface area contributed by atoms with Crippen molar-refractivity contribution in [2.24, 2.45) is 5.92 Å². The topological polar surface area (TPSA) is 105 Å². The molecule has 12 heteroatoms. The Labute approximate surface area is 165 Å². The van der Waals surface area contributed by atoms with Crippen molar-refractivity contribution in [3.63, 3.8) is 0 Å². The molecule has 1 amide bonds. The van der Waals surface area contributed by atoms with E-state index >= 15 is 0 Å². The van der Waals surface area contributed by atoms with Gasteiger partial charge in [-0.25, -0.2) is 8.42 Å². The number of hydrogen-bond donors (Lipinski definition) is 1. The second-order valence-electron chi connectivity index (χ2n) is 6.66. The molecular weight excluding hydrogens is 413 g/mol. The highest BCUT2D eigenvalue weighted by Crippen LogP contribution is 2.32. The smallest absolute Gasteiger partial charge is 0.347 e. The lowest BCUT2D eigenvalue weighted by Crippen LogP contribution is -2.42. The summed E-state index contributed by atoms with van der Waals surface area (Å²) in [7, 11) is -4.08. The number of aryl methyl sites for hydroxylation is 1. The molecule has 1 aliphatic rings. The molecule has 3 rings (SSSR count). The maximum absolute atomic E-state index is 12.9. The third-order valence-corrected chi connectivity index (χ3v) is 6.50. The van der Waals surface area contributed by atoms with E-state index in [9.17, 15) is 26.4 Å². The SMILES string of the molecule is Cc1noc(CNC(=O)C2CCN(S(=O)(=O)c3cccc(C(F)(F)F)c3)CC2)n1. The maximum Gasteiger partial charge on any atom is 0.416 e. The minimum absolute atomic E-state index is 0.0380. The quantitative estimate of drug-likeness (QED) is 0.776. The zero-order chi connectivity index (χ0) is 21.2. The number of rotatable bonds is 5. The van der Waals surface area contributed by atoms with Gasteiger partial charge in [0.15, 0.2) is 5.82 Å². The van der Waals surface area contributed by atoms with Gasteiger partial charge in [-0.15, -0.1) is 0 Å². The summed E-state index contributed by atoms with van der Waals surface area (Å²) in [6, 6.07) is 3.64. The number of alkyl halides is 3. The Balaban J connectivity index is 1.60. The number of sulfonamides is 1. The fourth-order valence-corrected chi connectivity index (χ4v) is 4.58. The number of carbonyl (C=O) groups is 1. The molecule has 158 valence electrons. The Kier molecular flexibility index (Phi) is 5.94. The van der Waals surface area contributed by atoms with Crippen LogP contribution in [0, 0.1) is 12.8 Å². The molecule has 0 aliphatic carbocycles. The first-order valence-electron chi connectivity index (χ1n) is 8.81. The van der Waals surface area contributed by atoms with E-state index in [1.54, 1.807) is 6.92 Å². The summed E-state index contributed by atoms with van der Waals surface area (Å²) in [5.41, 5.74) is -1.02. The summed E-state index contributed by atoms with van der Waals surface area (Å²) in [5.74, 6) is 0.0340. The predicted molar refractivity (Wildman–Crippen MR) is 93.8 cm³/mol. The number of amides is 1. The second-order valence-corrected chi connectivity index (χ2v) is 8.60. The number of benzene rings is 1. The van der Waals surface area contributed by atoms with Crippen LogP contribution in [0.25, 0.3) is 0 Å². The summed E-state index contributed by atoms with van der Waals surface area (Å²) < 4.78 is 70.0. The number of halogens is 3. The number of piperidine rings is 1. The minimum atomic E-state index is -4.63. The van der Waals surface area contributed by atoms with E-state index < -0.39 is 32.6 Å². The lowest BCUT2D eigenvalue weighted by Gasteiger charge is -2.30. The number of carbonyl (C=O) groups excluding carboxylic acids is 1. The van der Waals surface area contributed by atoms with Crippen molar-refractivity contribution in [2.75, 3.05) is 13.1 Å². The van der Waals surface area contributed by atoms with Gasteiger partial charge in [0.05, 0.1) is 17.0 Å². The monoisotopic (exact) mass is 432 g/mol. The number of nitrogens with one attached hydrogen (secondary N) is 1. The molecule has 0 radical (unpaired) electrons. The lowest BCUT2D eigenvalue weighted by molar-refractivity contribution is -0.137. The van der Waals surface area contributed by atoms with Crippen molar-refractivity contribution in [2.45, 2.75) is 37.4 Å². The van der Waals surface area contributed by atoms with E-state index in [-0.39, 0.29) is 44.3 Å². The maximum atomic E-state index is 12.9. The first-order valence-corrected chi connectivity index (χ1v) is 10.3. The molecule has 1 aromatic carbocycles. The average Bonchev–Trinajstić information content (AvgIpc) is 3.11. The van der Waals surface area contributed by atoms with Gasteiger partial charge in [0.2, 0.25) is 21.8 Å². The Bertz CT molecular complexity index is 983. The van der Waals surface area contributed by atoms with Gasteiger partial charge in [-0.05, 0) is 38.0 Å². The van der Waals surface area contributed by atoms with Crippen molar-refractivity contribution in [3.05, 3.63) is 41.5 Å². The molecule has 1 fully saturated rings. The van der Waals surface area contributed by atoms with E-state index in [0.717, 1.165) is 22.5 Å². The molecule has 0 bridgehead atoms. The van der Waals surface area contributed by atoms with Crippen LogP contribution in [0.5, 0.6) is 0 Å². The van der Waals surface area contributed by atoms with Crippen LogP contribution in [0.15, 0.2) is 33.7 Å². The van der Waals surface area contributed by atoms with Gasteiger partial charge in [-0.2, -0.15) is 22.5 Å². The first-order chi connectivity index (χ1) is 13.6. The Hall–Kier alpha value is -2.47. The van der Waals surface area contributed by atoms with Crippen LogP contribution in [0.4, 0.5) is 13.2 Å². The minimum Gasteiger partial charge on any atom is -0.347 e. The van der Waals surface area contributed by atoms with Gasteiger partial charge in [-0.1, -0.05) is 11.2 Å². The zero-order valence-corrected chi connectivity index (χ0v) is 16.3. The van der Waals surface area contributed by atoms with Crippen molar-refractivity contribution in [1.29, 1.82) is 0 Å². The average molecular weight is 432 g/mol. The first kappa shape index (κ1) is 21.2. The van der Waals surface area contributed by atoms with Crippen molar-refractivity contribution in [1.82, 2.24) is 19.8 Å². The van der Waals surface area contributed by atoms with Crippen molar-refractivity contribution < 1.29 is 30.9 Å². The normalized spacial score (nSPS) is 16.7. The molecule has 1 aromatic heterocycles. The van der Waals surface area contributed by atoms with Crippen LogP contribution in [0.2, 0.25) is 0 Å². The molecular formula is C17H19F3N4O4S. The summed E-state index contributed by atoms with van der Waals surface area (Å²) in [4.78, 5) is 15.8. The van der Waals surface area contributed by atoms with Gasteiger partial charge in [0.25, 0.3) is 0 Å². The molecule has 29 heavy (non-hydrogen) atoms. The molecule has 1 aliphatic heterocycles. The van der Waals surface area contributed by atoms with Crippen LogP contribution in [-0.2, 0) is 27.5 Å². The van der Waals surface area contributed by atoms with Crippen LogP contribution >= 0.6 is 0 Å². The lowest BCUT2D eigenvalue weighted by atomic mass is 9.97. The van der Waals surface area contributed by atoms with E-state index in [4.69, 9.17) is 4.52 Å². The Morgan fingerprint density at radius 2 is 2.00 bits per heavy atom. The highest BCUT2D eigenvalue weighted by molar-refractivity contribution is 7.89. The fourth-order valence-electron chi connectivity index (χ4n) is 3.06. The Morgan fingerprint density at radius 1 is 1.31 bits per heavy atom. The molecule has 1 saturated heterocycles. The van der Waals surface area contributed by atoms with Gasteiger partial charge >= 0.3 is 6.18 Å². The predicted octanol–water partition coefficient (Wildman–Crippen LogP) is 2.11. The van der Waals surface area contributed by atoms with Crippen LogP contribution in [0.3, 0.4) is 0 Å². The summed E-state index contributed by atoms with van der Waals surface area (Å²) in [6.07, 6.45) is -4.12. The number of aromatic nitrogens is 2. The molecule has 0 atom stereocenters. The standard InChI is InChI=1S/C17H19F3N4O4S/c1-11-22-15(28-23-11)10-21-16(25)12-5-7-24(8-6-12)29(26,27)14-4-2-3-13(9-14)17(18,19)20/h2-4,9,12H,5-8,10H2,1H3,(H,21,25). The highest BCUT2D eigenvalue weighted by atomic mass is 32.2. The largest absolute Gasteiger partial charge is 0.416 e. The van der Waals surface area contributed by atoms with Gasteiger partial charge in [0.1, 0.15) is 0 Å². The molecule has 1 N–H and O–H groups in total.